The number of likely N-dealkylation sites (N-methyl/N-ethyl adjacent to an activating group) is 1. The van der Waals surface area contributed by atoms with E-state index in [1.165, 1.54) is 5.56 Å². The van der Waals surface area contributed by atoms with Crippen molar-refractivity contribution >= 4 is 5.91 Å². The number of amides is 1. The van der Waals surface area contributed by atoms with Crippen LogP contribution in [0.15, 0.2) is 24.3 Å². The van der Waals surface area contributed by atoms with E-state index in [2.05, 4.69) is 22.2 Å². The van der Waals surface area contributed by atoms with Crippen molar-refractivity contribution in [2.45, 2.75) is 6.54 Å². The van der Waals surface area contributed by atoms with Crippen molar-refractivity contribution in [3.05, 3.63) is 35.4 Å². The molecule has 1 aromatic carbocycles. The molecule has 3 N–H and O–H groups in total. The largest absolute Gasteiger partial charge is 0.351 e. The third-order valence-corrected chi connectivity index (χ3v) is 3.65. The van der Waals surface area contributed by atoms with Crippen LogP contribution in [0.25, 0.3) is 0 Å². The van der Waals surface area contributed by atoms with Crippen molar-refractivity contribution in [1.82, 2.24) is 15.1 Å². The molecule has 0 aliphatic carbocycles. The number of nitrogens with two attached hydrogens (primary N) is 1. The Kier molecular flexibility index (Phi) is 5.52. The Hall–Kier alpha value is -1.43. The molecule has 1 saturated heterocycles. The first kappa shape index (κ1) is 15.0. The number of nitrogens with one attached hydrogen (secondary N) is 1. The van der Waals surface area contributed by atoms with E-state index in [0.29, 0.717) is 18.7 Å². The van der Waals surface area contributed by atoms with Gasteiger partial charge in [0, 0.05) is 51.4 Å². The van der Waals surface area contributed by atoms with Crippen molar-refractivity contribution in [1.29, 1.82) is 0 Å². The van der Waals surface area contributed by atoms with E-state index in [0.717, 1.165) is 32.7 Å². The molecule has 2 rings (SSSR count). The molecule has 5 heteroatoms. The molecular formula is C15H24N4O. The maximum atomic E-state index is 11.8. The van der Waals surface area contributed by atoms with E-state index >= 15 is 0 Å². The minimum absolute atomic E-state index is 0.0541. The molecule has 1 aromatic rings. The number of carbonyl (C=O) groups is 1. The Bertz CT molecular complexity index is 424. The first-order valence-corrected chi connectivity index (χ1v) is 7.17. The zero-order chi connectivity index (χ0) is 14.4. The van der Waals surface area contributed by atoms with Gasteiger partial charge in [0.05, 0.1) is 0 Å². The van der Waals surface area contributed by atoms with Gasteiger partial charge in [-0.15, -0.1) is 0 Å². The van der Waals surface area contributed by atoms with Crippen molar-refractivity contribution in [2.75, 3.05) is 46.3 Å². The molecule has 1 amide bonds. The quantitative estimate of drug-likeness (QED) is 0.802. The fourth-order valence-electron chi connectivity index (χ4n) is 2.31. The lowest BCUT2D eigenvalue weighted by Gasteiger charge is -2.32. The molecule has 110 valence electrons. The van der Waals surface area contributed by atoms with Crippen LogP contribution < -0.4 is 11.1 Å². The third kappa shape index (κ3) is 4.30. The summed E-state index contributed by atoms with van der Waals surface area (Å²) in [4.78, 5) is 16.6. The van der Waals surface area contributed by atoms with E-state index in [4.69, 9.17) is 5.73 Å². The van der Waals surface area contributed by atoms with Gasteiger partial charge in [-0.05, 0) is 24.7 Å². The van der Waals surface area contributed by atoms with Crippen LogP contribution in [-0.4, -0.2) is 62.0 Å². The van der Waals surface area contributed by atoms with Crippen molar-refractivity contribution < 1.29 is 4.79 Å². The maximum absolute atomic E-state index is 11.8. The number of rotatable bonds is 5. The van der Waals surface area contributed by atoms with E-state index in [1.807, 2.05) is 24.3 Å². The molecule has 20 heavy (non-hydrogen) atoms. The lowest BCUT2D eigenvalue weighted by Crippen LogP contribution is -2.43. The summed E-state index contributed by atoms with van der Waals surface area (Å²) in [6.07, 6.45) is 0. The summed E-state index contributed by atoms with van der Waals surface area (Å²) in [5.41, 5.74) is 7.32. The van der Waals surface area contributed by atoms with Gasteiger partial charge < -0.3 is 16.0 Å². The van der Waals surface area contributed by atoms with Gasteiger partial charge in [-0.25, -0.2) is 0 Å². The zero-order valence-corrected chi connectivity index (χ0v) is 12.1. The van der Waals surface area contributed by atoms with E-state index in [1.54, 1.807) is 0 Å². The predicted molar refractivity (Wildman–Crippen MR) is 80.6 cm³/mol. The highest BCUT2D eigenvalue weighted by Crippen LogP contribution is 2.09. The number of carbonyl (C=O) groups excluding carboxylic acids is 1. The van der Waals surface area contributed by atoms with Crippen LogP contribution in [0.4, 0.5) is 0 Å². The first-order valence-electron chi connectivity index (χ1n) is 7.17. The average Bonchev–Trinajstić information content (AvgIpc) is 2.48. The van der Waals surface area contributed by atoms with Gasteiger partial charge in [-0.2, -0.15) is 0 Å². The minimum Gasteiger partial charge on any atom is -0.351 e. The lowest BCUT2D eigenvalue weighted by atomic mass is 10.1. The van der Waals surface area contributed by atoms with Crippen LogP contribution in [0.5, 0.6) is 0 Å². The highest BCUT2D eigenvalue weighted by Gasteiger charge is 2.14. The summed E-state index contributed by atoms with van der Waals surface area (Å²) in [6.45, 7) is 6.40. The van der Waals surface area contributed by atoms with Gasteiger partial charge in [0.15, 0.2) is 0 Å². The molecule has 0 saturated carbocycles. The van der Waals surface area contributed by atoms with Gasteiger partial charge in [0.2, 0.25) is 0 Å². The Morgan fingerprint density at radius 2 is 1.85 bits per heavy atom. The van der Waals surface area contributed by atoms with Crippen molar-refractivity contribution in [3.63, 3.8) is 0 Å². The summed E-state index contributed by atoms with van der Waals surface area (Å²) < 4.78 is 0. The summed E-state index contributed by atoms with van der Waals surface area (Å²) in [5.74, 6) is -0.0541. The van der Waals surface area contributed by atoms with E-state index in [-0.39, 0.29) is 5.91 Å². The number of hydrogen-bond donors (Lipinski definition) is 2. The van der Waals surface area contributed by atoms with Crippen molar-refractivity contribution in [3.8, 4) is 0 Å². The average molecular weight is 276 g/mol. The van der Waals surface area contributed by atoms with Crippen LogP contribution in [0.2, 0.25) is 0 Å². The van der Waals surface area contributed by atoms with Gasteiger partial charge in [-0.3, -0.25) is 9.69 Å². The molecule has 0 unspecified atom stereocenters. The Labute approximate surface area is 120 Å². The van der Waals surface area contributed by atoms with Crippen LogP contribution in [0, 0.1) is 0 Å². The standard InChI is InChI=1S/C15H24N4O/c1-18-8-10-19(11-9-18)12-13-2-4-14(5-3-13)15(20)17-7-6-16/h2-5H,6-12,16H2,1H3,(H,17,20). The lowest BCUT2D eigenvalue weighted by molar-refractivity contribution is 0.0954. The van der Waals surface area contributed by atoms with Crippen LogP contribution in [0.1, 0.15) is 15.9 Å². The molecule has 1 aliphatic heterocycles. The molecule has 0 radical (unpaired) electrons. The highest BCUT2D eigenvalue weighted by molar-refractivity contribution is 5.94. The number of piperazine rings is 1. The fraction of sp³-hybridized carbons (Fsp3) is 0.533. The number of benzene rings is 1. The Balaban J connectivity index is 1.86. The monoisotopic (exact) mass is 276 g/mol. The summed E-state index contributed by atoms with van der Waals surface area (Å²) in [6, 6.07) is 7.85. The molecule has 1 fully saturated rings. The van der Waals surface area contributed by atoms with Crippen LogP contribution in [0.3, 0.4) is 0 Å². The van der Waals surface area contributed by atoms with Gasteiger partial charge in [0.1, 0.15) is 0 Å². The first-order chi connectivity index (χ1) is 9.69. The topological polar surface area (TPSA) is 61.6 Å². The second-order valence-corrected chi connectivity index (χ2v) is 5.32. The minimum atomic E-state index is -0.0541. The maximum Gasteiger partial charge on any atom is 0.251 e. The fourth-order valence-corrected chi connectivity index (χ4v) is 2.31. The molecule has 0 bridgehead atoms. The normalized spacial score (nSPS) is 17.1. The summed E-state index contributed by atoms with van der Waals surface area (Å²) >= 11 is 0. The molecule has 5 nitrogen and oxygen atoms in total. The zero-order valence-electron chi connectivity index (χ0n) is 12.1. The molecule has 1 aliphatic rings. The Morgan fingerprint density at radius 1 is 1.20 bits per heavy atom. The third-order valence-electron chi connectivity index (χ3n) is 3.65. The molecule has 0 spiro atoms. The van der Waals surface area contributed by atoms with Gasteiger partial charge in [0.25, 0.3) is 5.91 Å². The Morgan fingerprint density at radius 3 is 2.45 bits per heavy atom. The molecule has 1 heterocycles. The van der Waals surface area contributed by atoms with Crippen LogP contribution >= 0.6 is 0 Å². The second-order valence-electron chi connectivity index (χ2n) is 5.32. The predicted octanol–water partition coefficient (Wildman–Crippen LogP) is 0.123. The van der Waals surface area contributed by atoms with Crippen molar-refractivity contribution in [2.24, 2.45) is 5.73 Å². The van der Waals surface area contributed by atoms with E-state index in [9.17, 15) is 4.79 Å². The number of hydrogen-bond acceptors (Lipinski definition) is 4. The van der Waals surface area contributed by atoms with E-state index < -0.39 is 0 Å². The summed E-state index contributed by atoms with van der Waals surface area (Å²) in [5, 5.41) is 2.77. The highest BCUT2D eigenvalue weighted by atomic mass is 16.1. The van der Waals surface area contributed by atoms with Gasteiger partial charge in [-0.1, -0.05) is 12.1 Å². The molecule has 0 aromatic heterocycles. The number of nitrogens with zero attached hydrogens (tertiary/aromatic N) is 2. The SMILES string of the molecule is CN1CCN(Cc2ccc(C(=O)NCCN)cc2)CC1. The molecular weight excluding hydrogens is 252 g/mol. The van der Waals surface area contributed by atoms with Crippen LogP contribution in [-0.2, 0) is 6.54 Å². The van der Waals surface area contributed by atoms with Gasteiger partial charge >= 0.3 is 0 Å². The second kappa shape index (κ2) is 7.38. The molecule has 0 atom stereocenters. The summed E-state index contributed by atoms with van der Waals surface area (Å²) in [7, 11) is 2.16. The smallest absolute Gasteiger partial charge is 0.251 e.